The van der Waals surface area contributed by atoms with Gasteiger partial charge in [-0.25, -0.2) is 4.79 Å². The van der Waals surface area contributed by atoms with Crippen LogP contribution in [-0.2, 0) is 9.53 Å². The first kappa shape index (κ1) is 11.1. The van der Waals surface area contributed by atoms with Crippen molar-refractivity contribution in [1.29, 1.82) is 0 Å². The predicted octanol–water partition coefficient (Wildman–Crippen LogP) is -0.153. The van der Waals surface area contributed by atoms with Crippen molar-refractivity contribution in [2.75, 3.05) is 6.61 Å². The Labute approximate surface area is 71.5 Å². The zero-order chi connectivity index (χ0) is 9.56. The normalized spacial score (nSPS) is 16.0. The molecule has 0 aromatic rings. The second-order valence-corrected chi connectivity index (χ2v) is 2.34. The molecule has 0 aromatic carbocycles. The van der Waals surface area contributed by atoms with E-state index in [9.17, 15) is 4.79 Å². The summed E-state index contributed by atoms with van der Waals surface area (Å²) in [6.45, 7) is 3.42. The van der Waals surface area contributed by atoms with Crippen LogP contribution in [-0.4, -0.2) is 35.0 Å². The van der Waals surface area contributed by atoms with E-state index >= 15 is 0 Å². The maximum atomic E-state index is 10.7. The highest BCUT2D eigenvalue weighted by molar-refractivity contribution is 5.81. The third kappa shape index (κ3) is 4.87. The lowest BCUT2D eigenvalue weighted by molar-refractivity contribution is -0.137. The van der Waals surface area contributed by atoms with Crippen LogP contribution >= 0.6 is 0 Å². The molecule has 4 nitrogen and oxygen atoms in total. The van der Waals surface area contributed by atoms with Crippen molar-refractivity contribution in [3.8, 4) is 0 Å². The maximum absolute atomic E-state index is 10.7. The number of rotatable bonds is 4. The molecule has 0 heterocycles. The van der Waals surface area contributed by atoms with Crippen molar-refractivity contribution in [3.05, 3.63) is 12.2 Å². The summed E-state index contributed by atoms with van der Waals surface area (Å²) in [6, 6.07) is 0. The minimum absolute atomic E-state index is 0.300. The first-order valence-corrected chi connectivity index (χ1v) is 3.79. The topological polar surface area (TPSA) is 66.8 Å². The molecule has 2 N–H and O–H groups in total. The van der Waals surface area contributed by atoms with Gasteiger partial charge in [0.15, 0.2) is 0 Å². The summed E-state index contributed by atoms with van der Waals surface area (Å²) in [4.78, 5) is 10.7. The van der Waals surface area contributed by atoms with Gasteiger partial charge in [-0.05, 0) is 19.9 Å². The van der Waals surface area contributed by atoms with Gasteiger partial charge in [0, 0.05) is 6.08 Å². The van der Waals surface area contributed by atoms with Gasteiger partial charge >= 0.3 is 5.97 Å². The van der Waals surface area contributed by atoms with Crippen LogP contribution in [0.3, 0.4) is 0 Å². The van der Waals surface area contributed by atoms with Crippen molar-refractivity contribution in [3.63, 3.8) is 0 Å². The first-order valence-electron chi connectivity index (χ1n) is 3.79. The van der Waals surface area contributed by atoms with Gasteiger partial charge in [0.25, 0.3) is 0 Å². The first-order chi connectivity index (χ1) is 5.57. The van der Waals surface area contributed by atoms with Crippen molar-refractivity contribution in [2.45, 2.75) is 26.1 Å². The molecule has 0 unspecified atom stereocenters. The van der Waals surface area contributed by atoms with Crippen LogP contribution < -0.4 is 0 Å². The average Bonchev–Trinajstić information content (AvgIpc) is 2.00. The standard InChI is InChI=1S/C8H14O4/c1-3-12-8(11)5-4-7(10)6(2)9/h4-7,9-10H,3H2,1-2H3/t6-,7-/m1/s1. The molecule has 0 rings (SSSR count). The van der Waals surface area contributed by atoms with E-state index in [0.29, 0.717) is 6.61 Å². The summed E-state index contributed by atoms with van der Waals surface area (Å²) in [5, 5.41) is 17.8. The number of aliphatic hydroxyl groups excluding tert-OH is 2. The molecule has 4 heteroatoms. The molecule has 0 aliphatic rings. The summed E-state index contributed by atoms with van der Waals surface area (Å²) >= 11 is 0. The molecule has 0 amide bonds. The molecular weight excluding hydrogens is 160 g/mol. The van der Waals surface area contributed by atoms with Crippen LogP contribution in [0.2, 0.25) is 0 Å². The van der Waals surface area contributed by atoms with E-state index in [1.54, 1.807) is 6.92 Å². The van der Waals surface area contributed by atoms with Crippen molar-refractivity contribution in [2.24, 2.45) is 0 Å². The second-order valence-electron chi connectivity index (χ2n) is 2.34. The molecular formula is C8H14O4. The maximum Gasteiger partial charge on any atom is 0.330 e. The number of ether oxygens (including phenoxy) is 1. The Morgan fingerprint density at radius 1 is 1.58 bits per heavy atom. The molecule has 0 bridgehead atoms. The highest BCUT2D eigenvalue weighted by Crippen LogP contribution is 1.94. The van der Waals surface area contributed by atoms with Gasteiger partial charge in [0.05, 0.1) is 18.8 Å². The van der Waals surface area contributed by atoms with E-state index in [-0.39, 0.29) is 0 Å². The second kappa shape index (κ2) is 5.74. The Hall–Kier alpha value is -0.870. The molecule has 0 radical (unpaired) electrons. The molecule has 0 aromatic heterocycles. The lowest BCUT2D eigenvalue weighted by Crippen LogP contribution is -2.20. The summed E-state index contributed by atoms with van der Waals surface area (Å²) in [7, 11) is 0. The SMILES string of the molecule is CCOC(=O)C=C[C@@H](O)[C@@H](C)O. The van der Waals surface area contributed by atoms with Crippen LogP contribution in [0.15, 0.2) is 12.2 Å². The van der Waals surface area contributed by atoms with Crippen molar-refractivity contribution < 1.29 is 19.7 Å². The molecule has 0 fully saturated rings. The van der Waals surface area contributed by atoms with Crippen LogP contribution in [0.25, 0.3) is 0 Å². The lowest BCUT2D eigenvalue weighted by Gasteiger charge is -2.07. The monoisotopic (exact) mass is 174 g/mol. The lowest BCUT2D eigenvalue weighted by atomic mass is 10.2. The highest BCUT2D eigenvalue weighted by atomic mass is 16.5. The summed E-state index contributed by atoms with van der Waals surface area (Å²) in [5.41, 5.74) is 0. The molecule has 0 spiro atoms. The molecule has 0 saturated carbocycles. The third-order valence-electron chi connectivity index (χ3n) is 1.21. The van der Waals surface area contributed by atoms with E-state index < -0.39 is 18.2 Å². The Morgan fingerprint density at radius 2 is 2.17 bits per heavy atom. The number of hydrogen-bond donors (Lipinski definition) is 2. The van der Waals surface area contributed by atoms with E-state index in [2.05, 4.69) is 4.74 Å². The number of carbonyl (C=O) groups excluding carboxylic acids is 1. The van der Waals surface area contributed by atoms with E-state index in [4.69, 9.17) is 10.2 Å². The van der Waals surface area contributed by atoms with Crippen LogP contribution in [0.4, 0.5) is 0 Å². The van der Waals surface area contributed by atoms with E-state index in [1.165, 1.54) is 13.0 Å². The van der Waals surface area contributed by atoms with E-state index in [0.717, 1.165) is 6.08 Å². The van der Waals surface area contributed by atoms with Crippen molar-refractivity contribution >= 4 is 5.97 Å². The van der Waals surface area contributed by atoms with Gasteiger partial charge in [0.1, 0.15) is 0 Å². The van der Waals surface area contributed by atoms with Gasteiger partial charge in [-0.3, -0.25) is 0 Å². The highest BCUT2D eigenvalue weighted by Gasteiger charge is 2.06. The molecule has 12 heavy (non-hydrogen) atoms. The minimum Gasteiger partial charge on any atom is -0.463 e. The van der Waals surface area contributed by atoms with Crippen LogP contribution in [0.5, 0.6) is 0 Å². The molecule has 70 valence electrons. The number of aliphatic hydroxyl groups is 2. The van der Waals surface area contributed by atoms with Gasteiger partial charge < -0.3 is 14.9 Å². The van der Waals surface area contributed by atoms with Crippen molar-refractivity contribution in [1.82, 2.24) is 0 Å². The molecule has 0 aliphatic carbocycles. The number of esters is 1. The summed E-state index contributed by atoms with van der Waals surface area (Å²) < 4.78 is 4.55. The number of carbonyl (C=O) groups is 1. The van der Waals surface area contributed by atoms with Crippen LogP contribution in [0, 0.1) is 0 Å². The summed E-state index contributed by atoms with van der Waals surface area (Å²) in [6.07, 6.45) is 0.397. The smallest absolute Gasteiger partial charge is 0.330 e. The Bertz CT molecular complexity index is 162. The van der Waals surface area contributed by atoms with E-state index in [1.807, 2.05) is 0 Å². The Kier molecular flexibility index (Phi) is 5.32. The van der Waals surface area contributed by atoms with Gasteiger partial charge in [-0.1, -0.05) is 0 Å². The Balaban J connectivity index is 3.81. The fraction of sp³-hybridized carbons (Fsp3) is 0.625. The predicted molar refractivity (Wildman–Crippen MR) is 43.5 cm³/mol. The minimum atomic E-state index is -1.02. The molecule has 2 atom stereocenters. The molecule has 0 saturated heterocycles. The van der Waals surface area contributed by atoms with Gasteiger partial charge in [-0.15, -0.1) is 0 Å². The molecule has 0 aliphatic heterocycles. The summed E-state index contributed by atoms with van der Waals surface area (Å²) in [5.74, 6) is -0.516. The quantitative estimate of drug-likeness (QED) is 0.459. The fourth-order valence-electron chi connectivity index (χ4n) is 0.528. The third-order valence-corrected chi connectivity index (χ3v) is 1.21. The van der Waals surface area contributed by atoms with Gasteiger partial charge in [0.2, 0.25) is 0 Å². The zero-order valence-corrected chi connectivity index (χ0v) is 7.23. The zero-order valence-electron chi connectivity index (χ0n) is 7.23. The average molecular weight is 174 g/mol. The number of hydrogen-bond acceptors (Lipinski definition) is 4. The largest absolute Gasteiger partial charge is 0.463 e. The van der Waals surface area contributed by atoms with Gasteiger partial charge in [-0.2, -0.15) is 0 Å². The Morgan fingerprint density at radius 3 is 2.58 bits per heavy atom. The fourth-order valence-corrected chi connectivity index (χ4v) is 0.528. The van der Waals surface area contributed by atoms with Crippen LogP contribution in [0.1, 0.15) is 13.8 Å².